The molecule has 0 amide bonds. The SMILES string of the molecule is c1ccc(-c2nc(-c3ccc(-c4c5ccccc5cc5ccc6ccccc6c45)cc3)nc(-c3ccc(-c4ccccc4)c(-c4ccccc4)c3)n2)cc1. The number of fused-ring (bicyclic) bond motifs is 4. The van der Waals surface area contributed by atoms with Crippen molar-refractivity contribution >= 4 is 32.3 Å². The second-order valence-electron chi connectivity index (χ2n) is 13.6. The molecule has 0 saturated heterocycles. The van der Waals surface area contributed by atoms with E-state index in [4.69, 9.17) is 15.0 Å². The Bertz CT molecular complexity index is 2960. The molecular formula is C51H33N3. The van der Waals surface area contributed by atoms with Crippen molar-refractivity contribution in [1.82, 2.24) is 15.0 Å². The Morgan fingerprint density at radius 1 is 0.259 bits per heavy atom. The van der Waals surface area contributed by atoms with Crippen LogP contribution < -0.4 is 0 Å². The van der Waals surface area contributed by atoms with Crippen molar-refractivity contribution < 1.29 is 0 Å². The van der Waals surface area contributed by atoms with Gasteiger partial charge in [0.05, 0.1) is 0 Å². The lowest BCUT2D eigenvalue weighted by Crippen LogP contribution is -2.00. The fourth-order valence-corrected chi connectivity index (χ4v) is 7.69. The summed E-state index contributed by atoms with van der Waals surface area (Å²) < 4.78 is 0. The van der Waals surface area contributed by atoms with E-state index in [-0.39, 0.29) is 0 Å². The van der Waals surface area contributed by atoms with E-state index in [1.165, 1.54) is 37.9 Å². The van der Waals surface area contributed by atoms with Crippen LogP contribution in [0.15, 0.2) is 200 Å². The first-order valence-corrected chi connectivity index (χ1v) is 18.3. The van der Waals surface area contributed by atoms with Crippen LogP contribution in [0.25, 0.3) is 99.9 Å². The van der Waals surface area contributed by atoms with Gasteiger partial charge in [-0.05, 0) is 77.8 Å². The fraction of sp³-hybridized carbons (Fsp3) is 0. The standard InChI is InChI=1S/C51H33N3/c1-4-14-34(15-5-1)43-31-30-42(33-46(43)35-16-6-2-7-17-35)51-53-49(38-19-8-3-9-20-38)52-50(54-51)39-27-25-37(26-28-39)47-45-23-13-11-21-40(45)32-41-29-24-36-18-10-12-22-44(36)48(41)47/h1-33H. The molecule has 0 fully saturated rings. The summed E-state index contributed by atoms with van der Waals surface area (Å²) in [4.78, 5) is 15.3. The quantitative estimate of drug-likeness (QED) is 0.129. The summed E-state index contributed by atoms with van der Waals surface area (Å²) in [5.41, 5.74) is 9.78. The van der Waals surface area contributed by atoms with Crippen LogP contribution >= 0.6 is 0 Å². The highest BCUT2D eigenvalue weighted by Gasteiger charge is 2.17. The largest absolute Gasteiger partial charge is 0.208 e. The van der Waals surface area contributed by atoms with E-state index >= 15 is 0 Å². The summed E-state index contributed by atoms with van der Waals surface area (Å²) in [6.07, 6.45) is 0. The fourth-order valence-electron chi connectivity index (χ4n) is 7.69. The van der Waals surface area contributed by atoms with Gasteiger partial charge in [0.2, 0.25) is 0 Å². The Kier molecular flexibility index (Phi) is 7.81. The van der Waals surface area contributed by atoms with Gasteiger partial charge in [-0.1, -0.05) is 188 Å². The zero-order chi connectivity index (χ0) is 35.8. The average molecular weight is 688 g/mol. The molecule has 54 heavy (non-hydrogen) atoms. The van der Waals surface area contributed by atoms with Crippen molar-refractivity contribution in [2.45, 2.75) is 0 Å². The zero-order valence-corrected chi connectivity index (χ0v) is 29.4. The van der Waals surface area contributed by atoms with Gasteiger partial charge in [0.25, 0.3) is 0 Å². The molecule has 252 valence electrons. The van der Waals surface area contributed by atoms with Crippen molar-refractivity contribution in [1.29, 1.82) is 0 Å². The molecule has 3 heteroatoms. The first-order valence-electron chi connectivity index (χ1n) is 18.3. The van der Waals surface area contributed by atoms with Crippen molar-refractivity contribution in [2.24, 2.45) is 0 Å². The molecule has 1 heterocycles. The molecule has 10 rings (SSSR count). The summed E-state index contributed by atoms with van der Waals surface area (Å²) in [6.45, 7) is 0. The smallest absolute Gasteiger partial charge is 0.164 e. The third-order valence-electron chi connectivity index (χ3n) is 10.3. The van der Waals surface area contributed by atoms with Gasteiger partial charge >= 0.3 is 0 Å². The van der Waals surface area contributed by atoms with Gasteiger partial charge in [-0.25, -0.2) is 15.0 Å². The predicted octanol–water partition coefficient (Wildman–Crippen LogP) is 13.3. The lowest BCUT2D eigenvalue weighted by atomic mass is 9.89. The van der Waals surface area contributed by atoms with Gasteiger partial charge in [0.15, 0.2) is 17.5 Å². The molecule has 0 spiro atoms. The number of benzene rings is 9. The highest BCUT2D eigenvalue weighted by molar-refractivity contribution is 6.21. The Balaban J connectivity index is 1.14. The van der Waals surface area contributed by atoms with Gasteiger partial charge in [0, 0.05) is 16.7 Å². The Morgan fingerprint density at radius 2 is 0.722 bits per heavy atom. The molecule has 3 nitrogen and oxygen atoms in total. The molecule has 10 aromatic rings. The van der Waals surface area contributed by atoms with Crippen molar-refractivity contribution in [3.05, 3.63) is 200 Å². The van der Waals surface area contributed by atoms with Gasteiger partial charge < -0.3 is 0 Å². The van der Waals surface area contributed by atoms with Crippen LogP contribution in [0.2, 0.25) is 0 Å². The second kappa shape index (κ2) is 13.4. The Hall–Kier alpha value is -7.23. The van der Waals surface area contributed by atoms with E-state index in [1.54, 1.807) is 0 Å². The molecule has 0 saturated carbocycles. The van der Waals surface area contributed by atoms with Crippen LogP contribution in [0.1, 0.15) is 0 Å². The Labute approximate surface area is 313 Å². The minimum Gasteiger partial charge on any atom is -0.208 e. The van der Waals surface area contributed by atoms with Crippen LogP contribution in [0.5, 0.6) is 0 Å². The zero-order valence-electron chi connectivity index (χ0n) is 29.4. The summed E-state index contributed by atoms with van der Waals surface area (Å²) >= 11 is 0. The average Bonchev–Trinajstić information content (AvgIpc) is 3.26. The van der Waals surface area contributed by atoms with E-state index in [9.17, 15) is 0 Å². The molecule has 0 N–H and O–H groups in total. The molecule has 0 unspecified atom stereocenters. The highest BCUT2D eigenvalue weighted by Crippen LogP contribution is 2.41. The number of hydrogen-bond acceptors (Lipinski definition) is 3. The molecule has 0 aliphatic rings. The Morgan fingerprint density at radius 3 is 1.39 bits per heavy atom. The lowest BCUT2D eigenvalue weighted by molar-refractivity contribution is 1.07. The summed E-state index contributed by atoms with van der Waals surface area (Å²) in [5.74, 6) is 1.90. The monoisotopic (exact) mass is 687 g/mol. The number of nitrogens with zero attached hydrogens (tertiary/aromatic N) is 3. The first kappa shape index (κ1) is 31.5. The predicted molar refractivity (Wildman–Crippen MR) is 225 cm³/mol. The van der Waals surface area contributed by atoms with Gasteiger partial charge in [-0.15, -0.1) is 0 Å². The van der Waals surface area contributed by atoms with Crippen LogP contribution in [-0.2, 0) is 0 Å². The molecule has 0 radical (unpaired) electrons. The number of hydrogen-bond donors (Lipinski definition) is 0. The maximum absolute atomic E-state index is 5.16. The second-order valence-corrected chi connectivity index (χ2v) is 13.6. The number of aromatic nitrogens is 3. The van der Waals surface area contributed by atoms with E-state index in [0.717, 1.165) is 44.5 Å². The van der Waals surface area contributed by atoms with Gasteiger partial charge in [0.1, 0.15) is 0 Å². The lowest BCUT2D eigenvalue weighted by Gasteiger charge is -2.15. The first-order chi connectivity index (χ1) is 26.8. The molecule has 0 aliphatic heterocycles. The molecule has 0 aliphatic carbocycles. The van der Waals surface area contributed by atoms with Crippen molar-refractivity contribution in [3.63, 3.8) is 0 Å². The number of rotatable bonds is 6. The van der Waals surface area contributed by atoms with Crippen LogP contribution in [0.3, 0.4) is 0 Å². The van der Waals surface area contributed by atoms with Gasteiger partial charge in [-0.2, -0.15) is 0 Å². The van der Waals surface area contributed by atoms with Crippen LogP contribution in [-0.4, -0.2) is 15.0 Å². The topological polar surface area (TPSA) is 38.7 Å². The normalized spacial score (nSPS) is 11.3. The maximum atomic E-state index is 5.16. The highest BCUT2D eigenvalue weighted by atomic mass is 15.0. The van der Waals surface area contributed by atoms with E-state index in [1.807, 2.05) is 18.2 Å². The minimum absolute atomic E-state index is 0.631. The summed E-state index contributed by atoms with van der Waals surface area (Å²) in [6, 6.07) is 70.6. The maximum Gasteiger partial charge on any atom is 0.164 e. The summed E-state index contributed by atoms with van der Waals surface area (Å²) in [5, 5.41) is 7.44. The van der Waals surface area contributed by atoms with Gasteiger partial charge in [-0.3, -0.25) is 0 Å². The summed E-state index contributed by atoms with van der Waals surface area (Å²) in [7, 11) is 0. The molecular weight excluding hydrogens is 655 g/mol. The molecule has 0 atom stereocenters. The minimum atomic E-state index is 0.631. The van der Waals surface area contributed by atoms with E-state index in [2.05, 4.69) is 182 Å². The van der Waals surface area contributed by atoms with E-state index < -0.39 is 0 Å². The van der Waals surface area contributed by atoms with Crippen LogP contribution in [0, 0.1) is 0 Å². The van der Waals surface area contributed by atoms with E-state index in [0.29, 0.717) is 17.5 Å². The molecule has 9 aromatic carbocycles. The molecule has 1 aromatic heterocycles. The van der Waals surface area contributed by atoms with Crippen molar-refractivity contribution in [2.75, 3.05) is 0 Å². The third kappa shape index (κ3) is 5.69. The van der Waals surface area contributed by atoms with Crippen LogP contribution in [0.4, 0.5) is 0 Å². The van der Waals surface area contributed by atoms with Crippen molar-refractivity contribution in [3.8, 4) is 67.5 Å². The molecule has 0 bridgehead atoms. The third-order valence-corrected chi connectivity index (χ3v) is 10.3.